The van der Waals surface area contributed by atoms with Gasteiger partial charge in [0.2, 0.25) is 0 Å². The molecule has 0 saturated heterocycles. The SMILES string of the molecule is C/C(=C\CCCC#N)[C@H]1CC[C@]2(C)[C@@H](C(C)CCCC(C)C)CC[C@H]2[C@@H]1CC(=O)O. The molecule has 0 aromatic rings. The van der Waals surface area contributed by atoms with Crippen LogP contribution in [0.4, 0.5) is 0 Å². The smallest absolute Gasteiger partial charge is 0.303 e. The number of hydrogen-bond acceptors (Lipinski definition) is 2. The second-order valence-electron chi connectivity index (χ2n) is 11.0. The van der Waals surface area contributed by atoms with Gasteiger partial charge in [0.25, 0.3) is 0 Å². The molecule has 0 aliphatic heterocycles. The number of aliphatic carboxylic acids is 1. The number of nitrogens with zero attached hydrogens (tertiary/aromatic N) is 1. The number of hydrogen-bond donors (Lipinski definition) is 1. The summed E-state index contributed by atoms with van der Waals surface area (Å²) in [7, 11) is 0. The van der Waals surface area contributed by atoms with Crippen molar-refractivity contribution in [3.8, 4) is 6.07 Å². The molecule has 30 heavy (non-hydrogen) atoms. The van der Waals surface area contributed by atoms with Gasteiger partial charge in [-0.2, -0.15) is 5.26 Å². The predicted molar refractivity (Wildman–Crippen MR) is 124 cm³/mol. The summed E-state index contributed by atoms with van der Waals surface area (Å²) in [5.41, 5.74) is 1.67. The Morgan fingerprint density at radius 1 is 1.20 bits per heavy atom. The van der Waals surface area contributed by atoms with Crippen molar-refractivity contribution in [3.05, 3.63) is 11.6 Å². The van der Waals surface area contributed by atoms with E-state index in [-0.39, 0.29) is 5.92 Å². The molecule has 2 saturated carbocycles. The van der Waals surface area contributed by atoms with Crippen LogP contribution in [0.2, 0.25) is 0 Å². The molecule has 2 fully saturated rings. The summed E-state index contributed by atoms with van der Waals surface area (Å²) in [6.45, 7) is 11.8. The fourth-order valence-corrected chi connectivity index (χ4v) is 7.03. The zero-order valence-corrected chi connectivity index (χ0v) is 20.1. The highest BCUT2D eigenvalue weighted by Crippen LogP contribution is 2.62. The summed E-state index contributed by atoms with van der Waals surface area (Å²) >= 11 is 0. The molecular weight excluding hydrogens is 370 g/mol. The Balaban J connectivity index is 2.13. The normalized spacial score (nSPS) is 32.6. The standard InChI is InChI=1S/C27H45NO2/c1-19(2)10-9-12-21(4)24-13-14-25-23(18-26(29)30)22(15-16-27(24,25)5)20(3)11-7-6-8-17-28/h11,19,21-25H,6-10,12-16,18H2,1-5H3,(H,29,30)/b20-11+/t21?,22-,23-,24-,25+,27-/m1/s1. The van der Waals surface area contributed by atoms with Gasteiger partial charge in [-0.3, -0.25) is 4.79 Å². The second kappa shape index (κ2) is 11.4. The Bertz CT molecular complexity index is 631. The number of nitriles is 1. The number of carboxylic acid groups (broad SMARTS) is 1. The number of fused-ring (bicyclic) bond motifs is 1. The number of carbonyl (C=O) groups is 1. The lowest BCUT2D eigenvalue weighted by molar-refractivity contribution is -0.140. The largest absolute Gasteiger partial charge is 0.481 e. The van der Waals surface area contributed by atoms with E-state index in [2.05, 4.69) is 46.8 Å². The van der Waals surface area contributed by atoms with Gasteiger partial charge >= 0.3 is 5.97 Å². The van der Waals surface area contributed by atoms with Crippen molar-refractivity contribution < 1.29 is 9.90 Å². The molecule has 6 atom stereocenters. The van der Waals surface area contributed by atoms with Crippen LogP contribution in [-0.2, 0) is 4.79 Å². The number of unbranched alkanes of at least 4 members (excludes halogenated alkanes) is 2. The first-order valence-electron chi connectivity index (χ1n) is 12.5. The maximum Gasteiger partial charge on any atom is 0.303 e. The van der Waals surface area contributed by atoms with Gasteiger partial charge in [-0.05, 0) is 86.4 Å². The van der Waals surface area contributed by atoms with Crippen LogP contribution in [0.1, 0.15) is 105 Å². The first-order chi connectivity index (χ1) is 14.2. The molecular formula is C27H45NO2. The molecule has 1 N–H and O–H groups in total. The highest BCUT2D eigenvalue weighted by Gasteiger charge is 2.55. The van der Waals surface area contributed by atoms with Crippen LogP contribution < -0.4 is 0 Å². The third-order valence-corrected chi connectivity index (χ3v) is 8.59. The molecule has 2 aliphatic carbocycles. The topological polar surface area (TPSA) is 61.1 Å². The Kier molecular flexibility index (Phi) is 9.45. The van der Waals surface area contributed by atoms with E-state index in [1.165, 1.54) is 44.1 Å². The zero-order valence-electron chi connectivity index (χ0n) is 20.1. The van der Waals surface area contributed by atoms with Crippen molar-refractivity contribution >= 4 is 5.97 Å². The molecule has 0 amide bonds. The van der Waals surface area contributed by atoms with Crippen LogP contribution in [-0.4, -0.2) is 11.1 Å². The van der Waals surface area contributed by atoms with Gasteiger partial charge in [0.05, 0.1) is 6.07 Å². The number of rotatable bonds is 11. The van der Waals surface area contributed by atoms with Crippen LogP contribution >= 0.6 is 0 Å². The highest BCUT2D eigenvalue weighted by atomic mass is 16.4. The van der Waals surface area contributed by atoms with Gasteiger partial charge in [-0.15, -0.1) is 0 Å². The van der Waals surface area contributed by atoms with Crippen molar-refractivity contribution in [2.45, 2.75) is 105 Å². The Labute approximate surface area is 185 Å². The molecule has 0 aromatic heterocycles. The fraction of sp³-hybridized carbons (Fsp3) is 0.852. The van der Waals surface area contributed by atoms with Gasteiger partial charge < -0.3 is 5.11 Å². The minimum atomic E-state index is -0.639. The monoisotopic (exact) mass is 415 g/mol. The molecule has 170 valence electrons. The van der Waals surface area contributed by atoms with Gasteiger partial charge in [0, 0.05) is 12.8 Å². The molecule has 3 nitrogen and oxygen atoms in total. The van der Waals surface area contributed by atoms with E-state index in [0.717, 1.165) is 37.0 Å². The summed E-state index contributed by atoms with van der Waals surface area (Å²) in [6.07, 6.45) is 13.8. The molecule has 2 rings (SSSR count). The van der Waals surface area contributed by atoms with Gasteiger partial charge in [-0.25, -0.2) is 0 Å². The van der Waals surface area contributed by atoms with E-state index in [0.29, 0.717) is 30.1 Å². The van der Waals surface area contributed by atoms with E-state index >= 15 is 0 Å². The third kappa shape index (κ3) is 6.12. The molecule has 2 aliphatic rings. The summed E-state index contributed by atoms with van der Waals surface area (Å²) in [5, 5.41) is 18.5. The molecule has 0 aromatic carbocycles. The summed E-state index contributed by atoms with van der Waals surface area (Å²) in [4.78, 5) is 11.8. The lowest BCUT2D eigenvalue weighted by Crippen LogP contribution is -2.43. The van der Waals surface area contributed by atoms with Crippen molar-refractivity contribution in [1.82, 2.24) is 0 Å². The Morgan fingerprint density at radius 2 is 1.93 bits per heavy atom. The maximum atomic E-state index is 11.8. The predicted octanol–water partition coefficient (Wildman–Crippen LogP) is 7.62. The van der Waals surface area contributed by atoms with Crippen molar-refractivity contribution in [1.29, 1.82) is 5.26 Å². The maximum absolute atomic E-state index is 11.8. The van der Waals surface area contributed by atoms with Crippen molar-refractivity contribution in [2.24, 2.45) is 40.9 Å². The molecule has 0 radical (unpaired) electrons. The highest BCUT2D eigenvalue weighted by molar-refractivity contribution is 5.67. The van der Waals surface area contributed by atoms with Gasteiger partial charge in [-0.1, -0.05) is 58.6 Å². The first kappa shape index (κ1) is 25.0. The summed E-state index contributed by atoms with van der Waals surface area (Å²) in [5.74, 6) is 2.82. The summed E-state index contributed by atoms with van der Waals surface area (Å²) < 4.78 is 0. The molecule has 0 bridgehead atoms. The molecule has 0 heterocycles. The zero-order chi connectivity index (χ0) is 22.3. The summed E-state index contributed by atoms with van der Waals surface area (Å²) in [6, 6.07) is 2.22. The first-order valence-corrected chi connectivity index (χ1v) is 12.5. The van der Waals surface area contributed by atoms with Crippen molar-refractivity contribution in [3.63, 3.8) is 0 Å². The number of carboxylic acids is 1. The van der Waals surface area contributed by atoms with Crippen LogP contribution in [0.5, 0.6) is 0 Å². The molecule has 3 heteroatoms. The van der Waals surface area contributed by atoms with E-state index < -0.39 is 5.97 Å². The van der Waals surface area contributed by atoms with Crippen LogP contribution in [0.15, 0.2) is 11.6 Å². The van der Waals surface area contributed by atoms with Gasteiger partial charge in [0.15, 0.2) is 0 Å². The van der Waals surface area contributed by atoms with Crippen LogP contribution in [0.25, 0.3) is 0 Å². The van der Waals surface area contributed by atoms with E-state index in [1.54, 1.807) is 0 Å². The average Bonchev–Trinajstić information content (AvgIpc) is 3.02. The quantitative estimate of drug-likeness (QED) is 0.279. The lowest BCUT2D eigenvalue weighted by Gasteiger charge is -2.50. The molecule has 1 unspecified atom stereocenters. The van der Waals surface area contributed by atoms with E-state index in [1.807, 2.05) is 0 Å². The average molecular weight is 416 g/mol. The molecule has 0 spiro atoms. The number of allylic oxidation sites excluding steroid dienone is 2. The minimum absolute atomic E-state index is 0.265. The van der Waals surface area contributed by atoms with E-state index in [9.17, 15) is 9.90 Å². The van der Waals surface area contributed by atoms with Crippen molar-refractivity contribution in [2.75, 3.05) is 0 Å². The van der Waals surface area contributed by atoms with Crippen LogP contribution in [0.3, 0.4) is 0 Å². The third-order valence-electron chi connectivity index (χ3n) is 8.59. The van der Waals surface area contributed by atoms with Gasteiger partial charge in [0.1, 0.15) is 0 Å². The lowest BCUT2D eigenvalue weighted by atomic mass is 9.54. The minimum Gasteiger partial charge on any atom is -0.481 e. The van der Waals surface area contributed by atoms with Crippen LogP contribution in [0, 0.1) is 52.3 Å². The fourth-order valence-electron chi connectivity index (χ4n) is 7.03. The Morgan fingerprint density at radius 3 is 2.57 bits per heavy atom. The van der Waals surface area contributed by atoms with E-state index in [4.69, 9.17) is 5.26 Å². The Hall–Kier alpha value is -1.30. The second-order valence-corrected chi connectivity index (χ2v) is 11.0.